The van der Waals surface area contributed by atoms with Crippen LogP contribution in [0, 0.1) is 0 Å². The lowest BCUT2D eigenvalue weighted by Crippen LogP contribution is -2.24. The number of rotatable bonds is 2. The molecule has 1 unspecified atom stereocenters. The van der Waals surface area contributed by atoms with Crippen molar-refractivity contribution in [1.29, 1.82) is 0 Å². The average Bonchev–Trinajstić information content (AvgIpc) is 3.15. The first-order valence-corrected chi connectivity index (χ1v) is 9.40. The molecule has 0 radical (unpaired) electrons. The number of anilines is 1. The lowest BCUT2D eigenvalue weighted by atomic mass is 9.98. The van der Waals surface area contributed by atoms with Crippen molar-refractivity contribution in [2.24, 2.45) is 5.10 Å². The fourth-order valence-electron chi connectivity index (χ4n) is 3.10. The molecule has 27 heavy (non-hydrogen) atoms. The van der Waals surface area contributed by atoms with Gasteiger partial charge in [-0.25, -0.2) is 5.01 Å². The van der Waals surface area contributed by atoms with Crippen LogP contribution >= 0.6 is 12.6 Å². The number of carbonyl (C=O) groups is 1. The zero-order chi connectivity index (χ0) is 19.4. The number of nitrogen functional groups attached to an aromatic ring is 1. The molecular weight excluding hydrogens is 358 g/mol. The van der Waals surface area contributed by atoms with E-state index in [2.05, 4.69) is 27.7 Å². The lowest BCUT2D eigenvalue weighted by molar-refractivity contribution is -0.130. The van der Waals surface area contributed by atoms with E-state index in [9.17, 15) is 4.79 Å². The molecule has 0 aliphatic carbocycles. The zero-order valence-electron chi connectivity index (χ0n) is 15.2. The van der Waals surface area contributed by atoms with E-state index in [1.165, 1.54) is 6.92 Å². The van der Waals surface area contributed by atoms with Crippen molar-refractivity contribution in [2.45, 2.75) is 19.4 Å². The van der Waals surface area contributed by atoms with Crippen molar-refractivity contribution in [3.8, 4) is 0 Å². The van der Waals surface area contributed by atoms with E-state index in [4.69, 9.17) is 5.73 Å². The van der Waals surface area contributed by atoms with Gasteiger partial charge >= 0.3 is 0 Å². The number of benzene rings is 2. The highest BCUT2D eigenvalue weighted by atomic mass is 32.1. The molecule has 2 heterocycles. The molecule has 138 valence electrons. The summed E-state index contributed by atoms with van der Waals surface area (Å²) in [4.78, 5) is 20.7. The van der Waals surface area contributed by atoms with E-state index in [1.807, 2.05) is 42.5 Å². The Morgan fingerprint density at radius 2 is 1.74 bits per heavy atom. The predicted octanol–water partition coefficient (Wildman–Crippen LogP) is 3.46. The Kier molecular flexibility index (Phi) is 5.71. The number of hydrazone groups is 1. The van der Waals surface area contributed by atoms with Crippen LogP contribution in [0.25, 0.3) is 11.0 Å². The number of hydrogen-bond acceptors (Lipinski definition) is 6. The van der Waals surface area contributed by atoms with Gasteiger partial charge in [0.25, 0.3) is 0 Å². The Morgan fingerprint density at radius 1 is 1.07 bits per heavy atom. The summed E-state index contributed by atoms with van der Waals surface area (Å²) in [5, 5.41) is 6.09. The van der Waals surface area contributed by atoms with Crippen LogP contribution in [0.1, 0.15) is 30.5 Å². The zero-order valence-corrected chi connectivity index (χ0v) is 16.1. The van der Waals surface area contributed by atoms with Crippen molar-refractivity contribution in [3.05, 3.63) is 66.0 Å². The van der Waals surface area contributed by atoms with Crippen LogP contribution in [-0.4, -0.2) is 32.9 Å². The Morgan fingerprint density at radius 3 is 2.41 bits per heavy atom. The van der Waals surface area contributed by atoms with Crippen LogP contribution in [0.15, 0.2) is 60.0 Å². The van der Waals surface area contributed by atoms with Gasteiger partial charge in [0.2, 0.25) is 5.91 Å². The molecule has 2 N–H and O–H groups in total. The smallest absolute Gasteiger partial charge is 0.240 e. The normalized spacial score (nSPS) is 15.9. The summed E-state index contributed by atoms with van der Waals surface area (Å²) < 4.78 is 0. The van der Waals surface area contributed by atoms with E-state index in [0.717, 1.165) is 27.9 Å². The summed E-state index contributed by atoms with van der Waals surface area (Å²) >= 11 is 3.53. The van der Waals surface area contributed by atoms with Crippen LogP contribution in [0.3, 0.4) is 0 Å². The van der Waals surface area contributed by atoms with Crippen LogP contribution in [0.4, 0.5) is 5.69 Å². The highest BCUT2D eigenvalue weighted by Gasteiger charge is 2.31. The van der Waals surface area contributed by atoms with Gasteiger partial charge < -0.3 is 5.73 Å². The molecule has 0 fully saturated rings. The molecule has 0 saturated carbocycles. The Balaban J connectivity index is 0.00000102. The van der Waals surface area contributed by atoms with Gasteiger partial charge in [0.15, 0.2) is 0 Å². The summed E-state index contributed by atoms with van der Waals surface area (Å²) in [6.07, 6.45) is 5.68. The third kappa shape index (κ3) is 3.93. The van der Waals surface area contributed by atoms with E-state index in [-0.39, 0.29) is 11.9 Å². The average molecular weight is 379 g/mol. The van der Waals surface area contributed by atoms with Crippen LogP contribution in [0.2, 0.25) is 0 Å². The third-order valence-electron chi connectivity index (χ3n) is 4.36. The molecular formula is C20H21N5OS. The van der Waals surface area contributed by atoms with Crippen molar-refractivity contribution in [2.75, 3.05) is 12.0 Å². The highest BCUT2D eigenvalue weighted by molar-refractivity contribution is 7.79. The Labute approximate surface area is 163 Å². The van der Waals surface area contributed by atoms with Gasteiger partial charge in [-0.3, -0.25) is 14.8 Å². The molecule has 3 aromatic rings. The van der Waals surface area contributed by atoms with Crippen LogP contribution < -0.4 is 5.73 Å². The van der Waals surface area contributed by atoms with Gasteiger partial charge in [-0.1, -0.05) is 18.2 Å². The van der Waals surface area contributed by atoms with E-state index in [1.54, 1.807) is 23.7 Å². The largest absolute Gasteiger partial charge is 0.399 e. The fraction of sp³-hybridized carbons (Fsp3) is 0.200. The van der Waals surface area contributed by atoms with Crippen molar-refractivity contribution < 1.29 is 4.79 Å². The summed E-state index contributed by atoms with van der Waals surface area (Å²) in [6.45, 7) is 1.53. The Bertz CT molecular complexity index is 987. The summed E-state index contributed by atoms with van der Waals surface area (Å²) in [6, 6.07) is 13.3. The van der Waals surface area contributed by atoms with Gasteiger partial charge in [-0.15, -0.1) is 0 Å². The predicted molar refractivity (Wildman–Crippen MR) is 112 cm³/mol. The van der Waals surface area contributed by atoms with Gasteiger partial charge in [0.05, 0.1) is 22.8 Å². The number of hydrogen-bond donors (Lipinski definition) is 2. The SMILES string of the molecule is CC(=O)N1N=C(c2ccc(N)cc2)CC1c1ccc2nccnc2c1.CS. The van der Waals surface area contributed by atoms with E-state index in [0.29, 0.717) is 12.1 Å². The highest BCUT2D eigenvalue weighted by Crippen LogP contribution is 2.33. The van der Waals surface area contributed by atoms with E-state index < -0.39 is 0 Å². The van der Waals surface area contributed by atoms with Gasteiger partial charge in [-0.2, -0.15) is 17.7 Å². The quantitative estimate of drug-likeness (QED) is 0.527. The topological polar surface area (TPSA) is 84.5 Å². The first-order chi connectivity index (χ1) is 13.1. The molecule has 1 amide bonds. The maximum absolute atomic E-state index is 12.1. The first-order valence-electron chi connectivity index (χ1n) is 8.50. The minimum atomic E-state index is -0.142. The van der Waals surface area contributed by atoms with Gasteiger partial charge in [-0.05, 0) is 41.6 Å². The number of fused-ring (bicyclic) bond motifs is 1. The summed E-state index contributed by atoms with van der Waals surface area (Å²) in [5.74, 6) is -0.0883. The molecule has 1 aliphatic rings. The first kappa shape index (κ1) is 18.8. The second-order valence-corrected chi connectivity index (χ2v) is 6.06. The maximum atomic E-state index is 12.1. The molecule has 0 saturated heterocycles. The molecule has 0 spiro atoms. The van der Waals surface area contributed by atoms with E-state index >= 15 is 0 Å². The van der Waals surface area contributed by atoms with Crippen LogP contribution in [-0.2, 0) is 4.79 Å². The molecule has 1 atom stereocenters. The second kappa shape index (κ2) is 8.18. The van der Waals surface area contributed by atoms with Crippen molar-refractivity contribution >= 4 is 41.0 Å². The molecule has 7 heteroatoms. The summed E-state index contributed by atoms with van der Waals surface area (Å²) in [5.41, 5.74) is 10.9. The number of nitrogens with two attached hydrogens (primary N) is 1. The number of thiol groups is 1. The number of carbonyl (C=O) groups excluding carboxylic acids is 1. The number of nitrogens with zero attached hydrogens (tertiary/aromatic N) is 4. The standard InChI is InChI=1S/C19H17N5O.CH4S/c1-12(25)24-19(11-17(23-24)13-2-5-15(20)6-3-13)14-4-7-16-18(10-14)22-9-8-21-16;1-2/h2-10,19H,11,20H2,1H3;2H,1H3. The summed E-state index contributed by atoms with van der Waals surface area (Å²) in [7, 11) is 0. The molecule has 1 aromatic heterocycles. The second-order valence-electron chi connectivity index (χ2n) is 6.06. The minimum absolute atomic E-state index is 0.0883. The monoisotopic (exact) mass is 379 g/mol. The number of amides is 1. The minimum Gasteiger partial charge on any atom is -0.399 e. The van der Waals surface area contributed by atoms with Gasteiger partial charge in [0, 0.05) is 31.4 Å². The lowest BCUT2D eigenvalue weighted by Gasteiger charge is -2.20. The van der Waals surface area contributed by atoms with Gasteiger partial charge in [0.1, 0.15) is 0 Å². The van der Waals surface area contributed by atoms with Crippen molar-refractivity contribution in [1.82, 2.24) is 15.0 Å². The van der Waals surface area contributed by atoms with Crippen LogP contribution in [0.5, 0.6) is 0 Å². The van der Waals surface area contributed by atoms with Crippen molar-refractivity contribution in [3.63, 3.8) is 0 Å². The fourth-order valence-corrected chi connectivity index (χ4v) is 3.10. The number of aromatic nitrogens is 2. The molecule has 4 rings (SSSR count). The molecule has 2 aromatic carbocycles. The molecule has 0 bridgehead atoms. The third-order valence-corrected chi connectivity index (χ3v) is 4.36. The Hall–Kier alpha value is -2.93. The molecule has 6 nitrogen and oxygen atoms in total. The maximum Gasteiger partial charge on any atom is 0.240 e. The molecule has 1 aliphatic heterocycles.